The summed E-state index contributed by atoms with van der Waals surface area (Å²) in [5.41, 5.74) is -0.0675. The Morgan fingerprint density at radius 3 is 2.88 bits per heavy atom. The molecule has 0 spiro atoms. The second-order valence-electron chi connectivity index (χ2n) is 8.45. The van der Waals surface area contributed by atoms with E-state index in [1.54, 1.807) is 23.7 Å². The lowest BCUT2D eigenvalue weighted by Crippen LogP contribution is -2.40. The molecule has 0 saturated carbocycles. The molecule has 11 heteroatoms. The van der Waals surface area contributed by atoms with Crippen LogP contribution in [0.5, 0.6) is 0 Å². The first-order valence-electron chi connectivity index (χ1n) is 11.2. The molecule has 3 aromatic rings. The van der Waals surface area contributed by atoms with Gasteiger partial charge in [0.1, 0.15) is 11.6 Å². The van der Waals surface area contributed by atoms with E-state index in [1.165, 1.54) is 10.8 Å². The van der Waals surface area contributed by atoms with Gasteiger partial charge in [0, 0.05) is 26.3 Å². The largest absolute Gasteiger partial charge is 0.330 e. The highest BCUT2D eigenvalue weighted by molar-refractivity contribution is 6.30. The van der Waals surface area contributed by atoms with Crippen LogP contribution in [-0.4, -0.2) is 48.0 Å². The van der Waals surface area contributed by atoms with Gasteiger partial charge in [-0.2, -0.15) is 0 Å². The zero-order valence-corrected chi connectivity index (χ0v) is 19.6. The number of fused-ring (bicyclic) bond motifs is 1. The number of piperidine rings is 1. The number of imidazole rings is 1. The van der Waals surface area contributed by atoms with Crippen molar-refractivity contribution >= 4 is 34.5 Å². The number of halogens is 1. The number of nitrogens with one attached hydrogen (secondary N) is 2. The van der Waals surface area contributed by atoms with Crippen molar-refractivity contribution in [3.8, 4) is 0 Å². The van der Waals surface area contributed by atoms with E-state index in [4.69, 9.17) is 11.6 Å². The van der Waals surface area contributed by atoms with Crippen molar-refractivity contribution in [2.24, 2.45) is 13.0 Å². The molecule has 0 aliphatic carbocycles. The fraction of sp³-hybridized carbons (Fsp3) is 0.500. The van der Waals surface area contributed by atoms with Crippen LogP contribution in [0.15, 0.2) is 27.9 Å². The summed E-state index contributed by atoms with van der Waals surface area (Å²) in [5, 5.41) is 3.37. The number of pyridine rings is 1. The highest BCUT2D eigenvalue weighted by Gasteiger charge is 2.27. The Hall–Kier alpha value is -2.98. The molecule has 3 aromatic heterocycles. The van der Waals surface area contributed by atoms with Crippen LogP contribution in [0.3, 0.4) is 0 Å². The molecule has 1 aliphatic heterocycles. The summed E-state index contributed by atoms with van der Waals surface area (Å²) in [7, 11) is 1.79. The average molecular weight is 474 g/mol. The number of rotatable bonds is 7. The van der Waals surface area contributed by atoms with Crippen molar-refractivity contribution in [3.63, 3.8) is 0 Å². The molecule has 1 fully saturated rings. The van der Waals surface area contributed by atoms with Gasteiger partial charge in [-0.25, -0.2) is 14.8 Å². The summed E-state index contributed by atoms with van der Waals surface area (Å²) < 4.78 is 3.28. The fourth-order valence-corrected chi connectivity index (χ4v) is 4.36. The van der Waals surface area contributed by atoms with E-state index in [0.29, 0.717) is 47.5 Å². The van der Waals surface area contributed by atoms with Crippen molar-refractivity contribution in [3.05, 3.63) is 50.0 Å². The van der Waals surface area contributed by atoms with E-state index in [-0.39, 0.29) is 11.8 Å². The van der Waals surface area contributed by atoms with Crippen molar-refractivity contribution in [1.29, 1.82) is 0 Å². The van der Waals surface area contributed by atoms with Crippen LogP contribution in [0.4, 0.5) is 5.82 Å². The summed E-state index contributed by atoms with van der Waals surface area (Å²) in [6, 6.07) is 3.36. The van der Waals surface area contributed by atoms with Gasteiger partial charge in [-0.05, 0) is 37.9 Å². The SMILES string of the molecule is CCCCn1c(=O)[nH]c(=O)c2c1nc(CN1CCCC(C(=O)Nc3ccc(Cl)cn3)C1)n2C. The standard InChI is InChI=1S/C22H28ClN7O3/c1-3-4-10-30-19-18(21(32)27-22(30)33)28(2)17(26-19)13-29-9-5-6-14(12-29)20(31)25-16-8-7-15(23)11-24-16/h7-8,11,14H,3-6,9-10,12-13H2,1-2H3,(H,24,25,31)(H,27,32,33). The second kappa shape index (κ2) is 9.88. The van der Waals surface area contributed by atoms with Crippen LogP contribution in [-0.2, 0) is 24.9 Å². The van der Waals surface area contributed by atoms with Gasteiger partial charge in [0.25, 0.3) is 5.56 Å². The van der Waals surface area contributed by atoms with Crippen LogP contribution in [0.1, 0.15) is 38.4 Å². The quantitative estimate of drug-likeness (QED) is 0.542. The highest BCUT2D eigenvalue weighted by Crippen LogP contribution is 2.21. The molecular formula is C22H28ClN7O3. The van der Waals surface area contributed by atoms with Crippen LogP contribution in [0.2, 0.25) is 5.02 Å². The fourth-order valence-electron chi connectivity index (χ4n) is 4.25. The number of aryl methyl sites for hydroxylation is 2. The molecule has 4 rings (SSSR count). The summed E-state index contributed by atoms with van der Waals surface area (Å²) in [4.78, 5) is 51.0. The Morgan fingerprint density at radius 2 is 2.15 bits per heavy atom. The Kier molecular flexibility index (Phi) is 6.94. The van der Waals surface area contributed by atoms with Gasteiger partial charge in [-0.1, -0.05) is 24.9 Å². The Morgan fingerprint density at radius 1 is 1.33 bits per heavy atom. The average Bonchev–Trinajstić information content (AvgIpc) is 3.11. The molecule has 4 heterocycles. The van der Waals surface area contributed by atoms with Gasteiger partial charge in [0.05, 0.1) is 17.5 Å². The van der Waals surface area contributed by atoms with Gasteiger partial charge >= 0.3 is 5.69 Å². The number of aromatic nitrogens is 5. The number of H-pyrrole nitrogens is 1. The third-order valence-corrected chi connectivity index (χ3v) is 6.28. The van der Waals surface area contributed by atoms with E-state index < -0.39 is 11.2 Å². The number of aromatic amines is 1. The minimum atomic E-state index is -0.435. The smallest absolute Gasteiger partial charge is 0.324 e. The number of amides is 1. The molecule has 33 heavy (non-hydrogen) atoms. The molecule has 176 valence electrons. The lowest BCUT2D eigenvalue weighted by molar-refractivity contribution is -0.121. The monoisotopic (exact) mass is 473 g/mol. The van der Waals surface area contributed by atoms with Gasteiger partial charge < -0.3 is 9.88 Å². The topological polar surface area (TPSA) is 118 Å². The number of hydrogen-bond acceptors (Lipinski definition) is 6. The predicted molar refractivity (Wildman–Crippen MR) is 126 cm³/mol. The van der Waals surface area contributed by atoms with E-state index >= 15 is 0 Å². The van der Waals surface area contributed by atoms with Gasteiger partial charge in [-0.15, -0.1) is 0 Å². The molecule has 1 aliphatic rings. The van der Waals surface area contributed by atoms with Crippen molar-refractivity contribution in [2.45, 2.75) is 45.7 Å². The lowest BCUT2D eigenvalue weighted by Gasteiger charge is -2.31. The van der Waals surface area contributed by atoms with E-state index in [1.807, 2.05) is 6.92 Å². The molecular weight excluding hydrogens is 446 g/mol. The Bertz CT molecular complexity index is 1260. The lowest BCUT2D eigenvalue weighted by atomic mass is 9.97. The van der Waals surface area contributed by atoms with Crippen molar-refractivity contribution in [1.82, 2.24) is 29.0 Å². The maximum atomic E-state index is 12.8. The summed E-state index contributed by atoms with van der Waals surface area (Å²) in [6.45, 7) is 4.43. The van der Waals surface area contributed by atoms with Gasteiger partial charge in [0.2, 0.25) is 5.91 Å². The first-order valence-corrected chi connectivity index (χ1v) is 11.6. The van der Waals surface area contributed by atoms with Gasteiger partial charge in [-0.3, -0.25) is 24.0 Å². The maximum Gasteiger partial charge on any atom is 0.330 e. The van der Waals surface area contributed by atoms with E-state index in [0.717, 1.165) is 32.2 Å². The number of unbranched alkanes of at least 4 members (excludes halogenated alkanes) is 1. The van der Waals surface area contributed by atoms with Crippen molar-refractivity contribution in [2.75, 3.05) is 18.4 Å². The first kappa shape index (κ1) is 23.2. The maximum absolute atomic E-state index is 12.8. The normalized spacial score (nSPS) is 16.9. The number of anilines is 1. The molecule has 1 atom stereocenters. The van der Waals surface area contributed by atoms with E-state index in [2.05, 4.69) is 25.2 Å². The van der Waals surface area contributed by atoms with Crippen molar-refractivity contribution < 1.29 is 4.79 Å². The number of likely N-dealkylation sites (tertiary alicyclic amines) is 1. The Balaban J connectivity index is 1.51. The first-order chi connectivity index (χ1) is 15.9. The molecule has 0 bridgehead atoms. The van der Waals surface area contributed by atoms with Crippen LogP contribution < -0.4 is 16.6 Å². The van der Waals surface area contributed by atoms with Crippen LogP contribution in [0.25, 0.3) is 11.2 Å². The highest BCUT2D eigenvalue weighted by atomic mass is 35.5. The molecule has 1 unspecified atom stereocenters. The van der Waals surface area contributed by atoms with Gasteiger partial charge in [0.15, 0.2) is 11.2 Å². The third-order valence-electron chi connectivity index (χ3n) is 6.06. The molecule has 1 saturated heterocycles. The summed E-state index contributed by atoms with van der Waals surface area (Å²) in [5.74, 6) is 0.898. The number of hydrogen-bond donors (Lipinski definition) is 2. The number of nitrogens with zero attached hydrogens (tertiary/aromatic N) is 5. The Labute approximate surface area is 195 Å². The zero-order valence-electron chi connectivity index (χ0n) is 18.8. The molecule has 10 nitrogen and oxygen atoms in total. The van der Waals surface area contributed by atoms with E-state index in [9.17, 15) is 14.4 Å². The molecule has 0 aromatic carbocycles. The predicted octanol–water partition coefficient (Wildman–Crippen LogP) is 2.12. The third kappa shape index (κ3) is 5.01. The second-order valence-corrected chi connectivity index (χ2v) is 8.89. The molecule has 1 amide bonds. The minimum absolute atomic E-state index is 0.0793. The summed E-state index contributed by atoms with van der Waals surface area (Å²) in [6.07, 6.45) is 4.90. The zero-order chi connectivity index (χ0) is 23.5. The minimum Gasteiger partial charge on any atom is -0.324 e. The number of carbonyl (C=O) groups is 1. The van der Waals surface area contributed by atoms with Crippen LogP contribution >= 0.6 is 11.6 Å². The molecule has 0 radical (unpaired) electrons. The number of carbonyl (C=O) groups excluding carboxylic acids is 1. The summed E-state index contributed by atoms with van der Waals surface area (Å²) >= 11 is 5.86. The molecule has 2 N–H and O–H groups in total. The van der Waals surface area contributed by atoms with Crippen LogP contribution in [0, 0.1) is 5.92 Å².